The second-order valence-electron chi connectivity index (χ2n) is 3.14. The molecule has 68 valence electrons. The second kappa shape index (κ2) is 2.45. The number of nitrogens with one attached hydrogen (secondary N) is 2. The molecule has 14 heavy (non-hydrogen) atoms. The van der Waals surface area contributed by atoms with Gasteiger partial charge in [-0.15, -0.1) is 0 Å². The van der Waals surface area contributed by atoms with E-state index in [1.165, 1.54) is 0 Å². The Hall–Kier alpha value is -2.10. The van der Waals surface area contributed by atoms with Crippen LogP contribution >= 0.6 is 0 Å². The number of rotatable bonds is 0. The summed E-state index contributed by atoms with van der Waals surface area (Å²) >= 11 is 0. The lowest BCUT2D eigenvalue weighted by atomic mass is 10.1. The van der Waals surface area contributed by atoms with Crippen LogP contribution in [-0.2, 0) is 0 Å². The fourth-order valence-corrected chi connectivity index (χ4v) is 1.68. The lowest BCUT2D eigenvalue weighted by molar-refractivity contribution is 1.28. The van der Waals surface area contributed by atoms with Crippen molar-refractivity contribution in [3.05, 3.63) is 41.1 Å². The first-order valence-electron chi connectivity index (χ1n) is 4.30. The van der Waals surface area contributed by atoms with Crippen LogP contribution in [0.25, 0.3) is 21.8 Å². The normalized spacial score (nSPS) is 11.1. The summed E-state index contributed by atoms with van der Waals surface area (Å²) in [6.45, 7) is 0. The molecule has 0 aliphatic heterocycles. The maximum absolute atomic E-state index is 11.6. The number of H-pyrrole nitrogens is 2. The van der Waals surface area contributed by atoms with Gasteiger partial charge in [-0.1, -0.05) is 6.07 Å². The summed E-state index contributed by atoms with van der Waals surface area (Å²) in [6, 6.07) is 5.69. The molecule has 0 atom stereocenters. The Morgan fingerprint density at radius 1 is 1.14 bits per heavy atom. The molecule has 0 aliphatic rings. The number of aromatic amines is 2. The van der Waals surface area contributed by atoms with E-state index in [9.17, 15) is 4.79 Å². The number of fused-ring (bicyclic) bond motifs is 3. The van der Waals surface area contributed by atoms with E-state index in [1.807, 2.05) is 18.2 Å². The van der Waals surface area contributed by atoms with Crippen molar-refractivity contribution >= 4 is 21.8 Å². The molecule has 4 heteroatoms. The Morgan fingerprint density at radius 2 is 2.07 bits per heavy atom. The van der Waals surface area contributed by atoms with E-state index in [-0.39, 0.29) is 5.56 Å². The quantitative estimate of drug-likeness (QED) is 0.556. The summed E-state index contributed by atoms with van der Waals surface area (Å²) in [6.07, 6.45) is 3.24. The first-order valence-corrected chi connectivity index (χ1v) is 4.30. The fraction of sp³-hybridized carbons (Fsp3) is 0. The third kappa shape index (κ3) is 0.821. The van der Waals surface area contributed by atoms with Crippen molar-refractivity contribution in [1.82, 2.24) is 15.0 Å². The SMILES string of the molecule is O=c1[nH]ccc2ccc3[nH]cnc3c12. The third-order valence-corrected chi connectivity index (χ3v) is 2.33. The number of imidazole rings is 1. The van der Waals surface area contributed by atoms with Crippen molar-refractivity contribution in [2.75, 3.05) is 0 Å². The van der Waals surface area contributed by atoms with Gasteiger partial charge in [-0.3, -0.25) is 4.79 Å². The molecule has 0 saturated heterocycles. The van der Waals surface area contributed by atoms with Crippen molar-refractivity contribution in [3.63, 3.8) is 0 Å². The van der Waals surface area contributed by atoms with Gasteiger partial charge in [0, 0.05) is 6.20 Å². The number of nitrogens with zero attached hydrogens (tertiary/aromatic N) is 1. The molecule has 3 rings (SSSR count). The van der Waals surface area contributed by atoms with Crippen LogP contribution in [0.5, 0.6) is 0 Å². The van der Waals surface area contributed by atoms with Crippen LogP contribution in [0.2, 0.25) is 0 Å². The van der Waals surface area contributed by atoms with Gasteiger partial charge in [0.05, 0.1) is 17.2 Å². The standard InChI is InChI=1S/C10H7N3O/c14-10-8-6(3-4-11-10)1-2-7-9(8)13-5-12-7/h1-5H,(H,11,14)(H,12,13). The molecule has 0 radical (unpaired) electrons. The largest absolute Gasteiger partial charge is 0.345 e. The average Bonchev–Trinajstić information content (AvgIpc) is 2.65. The van der Waals surface area contributed by atoms with Crippen LogP contribution in [0, 0.1) is 0 Å². The summed E-state index contributed by atoms with van der Waals surface area (Å²) in [5.41, 5.74) is 1.51. The van der Waals surface area contributed by atoms with Gasteiger partial charge < -0.3 is 9.97 Å². The van der Waals surface area contributed by atoms with Crippen molar-refractivity contribution in [3.8, 4) is 0 Å². The lowest BCUT2D eigenvalue weighted by Crippen LogP contribution is -2.04. The molecular formula is C10H7N3O. The van der Waals surface area contributed by atoms with Gasteiger partial charge in [0.15, 0.2) is 0 Å². The van der Waals surface area contributed by atoms with Gasteiger partial charge in [0.25, 0.3) is 5.56 Å². The average molecular weight is 185 g/mol. The van der Waals surface area contributed by atoms with Crippen LogP contribution in [0.3, 0.4) is 0 Å². The van der Waals surface area contributed by atoms with Crippen LogP contribution in [0.4, 0.5) is 0 Å². The molecule has 2 aromatic heterocycles. The molecule has 0 spiro atoms. The van der Waals surface area contributed by atoms with Crippen molar-refractivity contribution in [1.29, 1.82) is 0 Å². The molecule has 0 bridgehead atoms. The highest BCUT2D eigenvalue weighted by molar-refractivity contribution is 6.03. The lowest BCUT2D eigenvalue weighted by Gasteiger charge is -1.95. The van der Waals surface area contributed by atoms with Crippen LogP contribution in [-0.4, -0.2) is 15.0 Å². The van der Waals surface area contributed by atoms with Gasteiger partial charge >= 0.3 is 0 Å². The Balaban J connectivity index is 2.74. The van der Waals surface area contributed by atoms with Crippen LogP contribution in [0.1, 0.15) is 0 Å². The van der Waals surface area contributed by atoms with E-state index in [0.29, 0.717) is 5.39 Å². The van der Waals surface area contributed by atoms with E-state index in [4.69, 9.17) is 0 Å². The Bertz CT molecular complexity index is 665. The minimum absolute atomic E-state index is 0.0970. The molecule has 1 aromatic carbocycles. The zero-order valence-corrected chi connectivity index (χ0v) is 7.24. The predicted octanol–water partition coefficient (Wildman–Crippen LogP) is 1.40. The smallest absolute Gasteiger partial charge is 0.258 e. The van der Waals surface area contributed by atoms with Gasteiger partial charge in [-0.2, -0.15) is 0 Å². The van der Waals surface area contributed by atoms with Crippen LogP contribution < -0.4 is 5.56 Å². The number of hydrogen-bond acceptors (Lipinski definition) is 2. The van der Waals surface area contributed by atoms with Crippen molar-refractivity contribution in [2.45, 2.75) is 0 Å². The van der Waals surface area contributed by atoms with E-state index in [0.717, 1.165) is 16.4 Å². The van der Waals surface area contributed by atoms with Gasteiger partial charge in [-0.25, -0.2) is 4.98 Å². The Labute approximate surface area is 78.6 Å². The predicted molar refractivity (Wildman–Crippen MR) is 54.2 cm³/mol. The second-order valence-corrected chi connectivity index (χ2v) is 3.14. The molecule has 0 saturated carbocycles. The Kier molecular flexibility index (Phi) is 1.28. The fourth-order valence-electron chi connectivity index (χ4n) is 1.68. The highest BCUT2D eigenvalue weighted by atomic mass is 16.1. The summed E-state index contributed by atoms with van der Waals surface area (Å²) in [4.78, 5) is 21.3. The first kappa shape index (κ1) is 7.32. The van der Waals surface area contributed by atoms with Gasteiger partial charge in [-0.05, 0) is 17.5 Å². The minimum Gasteiger partial charge on any atom is -0.345 e. The van der Waals surface area contributed by atoms with E-state index < -0.39 is 0 Å². The van der Waals surface area contributed by atoms with Gasteiger partial charge in [0.1, 0.15) is 5.52 Å². The maximum atomic E-state index is 11.6. The monoisotopic (exact) mass is 185 g/mol. The topological polar surface area (TPSA) is 61.5 Å². The zero-order valence-electron chi connectivity index (χ0n) is 7.24. The minimum atomic E-state index is -0.0970. The van der Waals surface area contributed by atoms with E-state index in [2.05, 4.69) is 15.0 Å². The highest BCUT2D eigenvalue weighted by Crippen LogP contribution is 2.18. The van der Waals surface area contributed by atoms with Gasteiger partial charge in [0.2, 0.25) is 0 Å². The third-order valence-electron chi connectivity index (χ3n) is 2.33. The molecule has 2 heterocycles. The molecule has 2 N–H and O–H groups in total. The first-order chi connectivity index (χ1) is 6.86. The van der Waals surface area contributed by atoms with E-state index in [1.54, 1.807) is 12.5 Å². The van der Waals surface area contributed by atoms with Crippen LogP contribution in [0.15, 0.2) is 35.5 Å². The molecule has 4 nitrogen and oxygen atoms in total. The summed E-state index contributed by atoms with van der Waals surface area (Å²) in [5, 5.41) is 1.56. The number of benzene rings is 1. The maximum Gasteiger partial charge on any atom is 0.258 e. The number of hydrogen-bond donors (Lipinski definition) is 2. The molecular weight excluding hydrogens is 178 g/mol. The summed E-state index contributed by atoms with van der Waals surface area (Å²) in [5.74, 6) is 0. The molecule has 0 fully saturated rings. The molecule has 0 amide bonds. The highest BCUT2D eigenvalue weighted by Gasteiger charge is 2.04. The van der Waals surface area contributed by atoms with Crippen molar-refractivity contribution < 1.29 is 0 Å². The van der Waals surface area contributed by atoms with E-state index >= 15 is 0 Å². The number of aromatic nitrogens is 3. The van der Waals surface area contributed by atoms with Crippen molar-refractivity contribution in [2.24, 2.45) is 0 Å². The Morgan fingerprint density at radius 3 is 3.00 bits per heavy atom. The molecule has 0 aliphatic carbocycles. The summed E-state index contributed by atoms with van der Waals surface area (Å²) in [7, 11) is 0. The molecule has 0 unspecified atom stereocenters. The zero-order chi connectivity index (χ0) is 9.54. The number of pyridine rings is 1. The summed E-state index contributed by atoms with van der Waals surface area (Å²) < 4.78 is 0. The molecule has 3 aromatic rings.